The molecule has 0 spiro atoms. The molecule has 0 heterocycles. The first kappa shape index (κ1) is 21.8. The standard InChI is InChI=1S/C23H34O3Si/c1-20(2)25-18-16-24-17-19-26-27(23(3,4)5,21-12-8-6-9-13-21)22-14-10-7-11-15-22/h6-15,20H,16-19H2,1-5H3. The van der Waals surface area contributed by atoms with Gasteiger partial charge in [0.2, 0.25) is 0 Å². The van der Waals surface area contributed by atoms with E-state index in [9.17, 15) is 0 Å². The summed E-state index contributed by atoms with van der Waals surface area (Å²) in [6.45, 7) is 13.3. The normalized spacial score (nSPS) is 12.5. The van der Waals surface area contributed by atoms with Gasteiger partial charge in [0.05, 0.1) is 32.5 Å². The molecule has 0 aliphatic rings. The van der Waals surface area contributed by atoms with Crippen LogP contribution in [-0.4, -0.2) is 40.8 Å². The highest BCUT2D eigenvalue weighted by atomic mass is 28.4. The van der Waals surface area contributed by atoms with Gasteiger partial charge in [-0.25, -0.2) is 0 Å². The molecule has 2 rings (SSSR count). The fourth-order valence-electron chi connectivity index (χ4n) is 3.46. The smallest absolute Gasteiger partial charge is 0.261 e. The van der Waals surface area contributed by atoms with E-state index in [4.69, 9.17) is 13.9 Å². The van der Waals surface area contributed by atoms with Crippen molar-refractivity contribution in [2.24, 2.45) is 0 Å². The van der Waals surface area contributed by atoms with Crippen LogP contribution in [0.25, 0.3) is 0 Å². The fourth-order valence-corrected chi connectivity index (χ4v) is 8.01. The van der Waals surface area contributed by atoms with Crippen molar-refractivity contribution >= 4 is 18.7 Å². The summed E-state index contributed by atoms with van der Waals surface area (Å²) in [5.41, 5.74) is 0. The van der Waals surface area contributed by atoms with Gasteiger partial charge in [-0.15, -0.1) is 0 Å². The van der Waals surface area contributed by atoms with Crippen molar-refractivity contribution < 1.29 is 13.9 Å². The van der Waals surface area contributed by atoms with E-state index >= 15 is 0 Å². The molecule has 27 heavy (non-hydrogen) atoms. The molecule has 0 aliphatic carbocycles. The van der Waals surface area contributed by atoms with E-state index in [1.807, 2.05) is 13.8 Å². The summed E-state index contributed by atoms with van der Waals surface area (Å²) in [6.07, 6.45) is 0.238. The van der Waals surface area contributed by atoms with E-state index in [0.717, 1.165) is 0 Å². The van der Waals surface area contributed by atoms with Gasteiger partial charge in [0.15, 0.2) is 0 Å². The van der Waals surface area contributed by atoms with Crippen LogP contribution in [0.4, 0.5) is 0 Å². The van der Waals surface area contributed by atoms with Gasteiger partial charge in [0.1, 0.15) is 0 Å². The molecule has 0 atom stereocenters. The molecule has 0 N–H and O–H groups in total. The van der Waals surface area contributed by atoms with Crippen molar-refractivity contribution in [3.05, 3.63) is 60.7 Å². The first-order valence-electron chi connectivity index (χ1n) is 9.82. The molecule has 0 aromatic heterocycles. The SMILES string of the molecule is CC(C)OCCOCCO[Si](c1ccccc1)(c1ccccc1)C(C)(C)C. The predicted octanol–water partition coefficient (Wildman–Crippen LogP) is 4.00. The molecule has 0 radical (unpaired) electrons. The number of hydrogen-bond acceptors (Lipinski definition) is 3. The van der Waals surface area contributed by atoms with Crippen molar-refractivity contribution in [3.63, 3.8) is 0 Å². The Morgan fingerprint density at radius 2 is 1.22 bits per heavy atom. The van der Waals surface area contributed by atoms with Crippen LogP contribution in [0.3, 0.4) is 0 Å². The maximum Gasteiger partial charge on any atom is 0.261 e. The van der Waals surface area contributed by atoms with Crippen molar-refractivity contribution in [2.45, 2.75) is 45.8 Å². The van der Waals surface area contributed by atoms with E-state index in [0.29, 0.717) is 26.4 Å². The summed E-state index contributed by atoms with van der Waals surface area (Å²) in [7, 11) is -2.45. The average Bonchev–Trinajstić information content (AvgIpc) is 2.64. The summed E-state index contributed by atoms with van der Waals surface area (Å²) in [6, 6.07) is 21.4. The first-order valence-corrected chi connectivity index (χ1v) is 11.7. The van der Waals surface area contributed by atoms with Crippen LogP contribution in [0.5, 0.6) is 0 Å². The van der Waals surface area contributed by atoms with E-state index in [2.05, 4.69) is 81.4 Å². The van der Waals surface area contributed by atoms with Crippen molar-refractivity contribution in [1.82, 2.24) is 0 Å². The van der Waals surface area contributed by atoms with Gasteiger partial charge in [-0.2, -0.15) is 0 Å². The predicted molar refractivity (Wildman–Crippen MR) is 115 cm³/mol. The zero-order chi connectivity index (χ0) is 19.8. The average molecular weight is 387 g/mol. The molecule has 0 unspecified atom stereocenters. The highest BCUT2D eigenvalue weighted by molar-refractivity contribution is 6.99. The van der Waals surface area contributed by atoms with Gasteiger partial charge in [0, 0.05) is 0 Å². The molecule has 0 saturated heterocycles. The fraction of sp³-hybridized carbons (Fsp3) is 0.478. The quantitative estimate of drug-likeness (QED) is 0.456. The third-order valence-electron chi connectivity index (χ3n) is 4.64. The second kappa shape index (κ2) is 10.2. The van der Waals surface area contributed by atoms with Crippen LogP contribution in [-0.2, 0) is 13.9 Å². The van der Waals surface area contributed by atoms with E-state index in [1.54, 1.807) is 0 Å². The summed E-state index contributed by atoms with van der Waals surface area (Å²) in [5, 5.41) is 2.59. The lowest BCUT2D eigenvalue weighted by Gasteiger charge is -2.43. The van der Waals surface area contributed by atoms with E-state index < -0.39 is 8.32 Å². The minimum absolute atomic E-state index is 0.00351. The van der Waals surface area contributed by atoms with Crippen LogP contribution in [0, 0.1) is 0 Å². The van der Waals surface area contributed by atoms with Crippen LogP contribution in [0.1, 0.15) is 34.6 Å². The summed E-state index contributed by atoms with van der Waals surface area (Å²) in [5.74, 6) is 0. The topological polar surface area (TPSA) is 27.7 Å². The summed E-state index contributed by atoms with van der Waals surface area (Å²) in [4.78, 5) is 0. The number of benzene rings is 2. The molecule has 148 valence electrons. The number of rotatable bonds is 10. The summed E-state index contributed by atoms with van der Waals surface area (Å²) >= 11 is 0. The Morgan fingerprint density at radius 1 is 0.741 bits per heavy atom. The monoisotopic (exact) mass is 386 g/mol. The Balaban J connectivity index is 2.18. The minimum Gasteiger partial charge on any atom is -0.405 e. The molecule has 0 amide bonds. The third kappa shape index (κ3) is 5.75. The van der Waals surface area contributed by atoms with Crippen LogP contribution in [0.2, 0.25) is 5.04 Å². The van der Waals surface area contributed by atoms with Crippen LogP contribution >= 0.6 is 0 Å². The van der Waals surface area contributed by atoms with Gasteiger partial charge in [-0.3, -0.25) is 0 Å². The second-order valence-corrected chi connectivity index (χ2v) is 12.3. The Labute approximate surface area is 165 Å². The minimum atomic E-state index is -2.45. The zero-order valence-corrected chi connectivity index (χ0v) is 18.4. The van der Waals surface area contributed by atoms with Crippen LogP contribution < -0.4 is 10.4 Å². The Bertz CT molecular complexity index is 611. The zero-order valence-electron chi connectivity index (χ0n) is 17.4. The molecule has 2 aromatic rings. The molecule has 4 heteroatoms. The third-order valence-corrected chi connectivity index (χ3v) is 9.68. The van der Waals surface area contributed by atoms with Crippen molar-refractivity contribution in [2.75, 3.05) is 26.4 Å². The lowest BCUT2D eigenvalue weighted by molar-refractivity contribution is 0.0117. The lowest BCUT2D eigenvalue weighted by Crippen LogP contribution is -2.66. The highest BCUT2D eigenvalue weighted by Crippen LogP contribution is 2.36. The molecule has 2 aromatic carbocycles. The largest absolute Gasteiger partial charge is 0.405 e. The van der Waals surface area contributed by atoms with Gasteiger partial charge >= 0.3 is 0 Å². The van der Waals surface area contributed by atoms with E-state index in [-0.39, 0.29) is 11.1 Å². The Morgan fingerprint density at radius 3 is 1.67 bits per heavy atom. The van der Waals surface area contributed by atoms with E-state index in [1.165, 1.54) is 10.4 Å². The molecule has 0 aliphatic heterocycles. The van der Waals surface area contributed by atoms with Crippen molar-refractivity contribution in [1.29, 1.82) is 0 Å². The van der Waals surface area contributed by atoms with Crippen molar-refractivity contribution in [3.8, 4) is 0 Å². The maximum absolute atomic E-state index is 6.77. The molecule has 0 fully saturated rings. The highest BCUT2D eigenvalue weighted by Gasteiger charge is 2.49. The maximum atomic E-state index is 6.77. The molecule has 3 nitrogen and oxygen atoms in total. The molecular formula is C23H34O3Si. The van der Waals surface area contributed by atoms with Gasteiger partial charge in [-0.1, -0.05) is 81.4 Å². The Kier molecular flexibility index (Phi) is 8.23. The molecule has 0 bridgehead atoms. The molecule has 0 saturated carbocycles. The molecular weight excluding hydrogens is 352 g/mol. The van der Waals surface area contributed by atoms with Gasteiger partial charge < -0.3 is 13.9 Å². The van der Waals surface area contributed by atoms with Gasteiger partial charge in [0.25, 0.3) is 8.32 Å². The second-order valence-electron chi connectivity index (χ2n) is 8.04. The number of hydrogen-bond donors (Lipinski definition) is 0. The Hall–Kier alpha value is -1.46. The van der Waals surface area contributed by atoms with Gasteiger partial charge in [-0.05, 0) is 29.3 Å². The van der Waals surface area contributed by atoms with Crippen LogP contribution in [0.15, 0.2) is 60.7 Å². The number of ether oxygens (including phenoxy) is 2. The first-order chi connectivity index (χ1) is 12.9. The summed E-state index contributed by atoms with van der Waals surface area (Å²) < 4.78 is 18.0. The lowest BCUT2D eigenvalue weighted by atomic mass is 10.2.